The van der Waals surface area contributed by atoms with Crippen LogP contribution in [-0.4, -0.2) is 90.4 Å². The maximum atomic E-state index is 12.3. The third-order valence-corrected chi connectivity index (χ3v) is 7.23. The van der Waals surface area contributed by atoms with E-state index in [0.29, 0.717) is 25.3 Å². The number of hydrogen-bond donors (Lipinski definition) is 2. The molecule has 2 aliphatic rings. The Balaban J connectivity index is 0.000000493. The monoisotopic (exact) mass is 576 g/mol. The van der Waals surface area contributed by atoms with E-state index >= 15 is 0 Å². The van der Waals surface area contributed by atoms with Crippen LogP contribution in [0.15, 0.2) is 36.4 Å². The minimum atomic E-state index is -5.08. The van der Waals surface area contributed by atoms with Gasteiger partial charge in [-0.05, 0) is 51.4 Å². The molecule has 0 aliphatic carbocycles. The summed E-state index contributed by atoms with van der Waals surface area (Å²) in [5.74, 6) is -1.14. The summed E-state index contributed by atoms with van der Waals surface area (Å²) in [6.07, 6.45) is -0.980. The number of nitrogens with zero attached hydrogens (tertiary/aromatic N) is 3. The van der Waals surface area contributed by atoms with E-state index in [-0.39, 0.29) is 11.9 Å². The minimum Gasteiger partial charge on any atom is -0.493 e. The van der Waals surface area contributed by atoms with Crippen molar-refractivity contribution in [3.05, 3.63) is 36.4 Å². The highest BCUT2D eigenvalue weighted by molar-refractivity contribution is 6.08. The van der Waals surface area contributed by atoms with E-state index in [4.69, 9.17) is 24.4 Å². The SMILES string of the molecule is CCN1CC(Nc2c3ccccc3nc3cc(OCCCN4CCCC4)c(OC)cc23)CC1=O.O=C(O)C(F)(F)F. The molecule has 2 aromatic carbocycles. The lowest BCUT2D eigenvalue weighted by Gasteiger charge is -2.20. The smallest absolute Gasteiger partial charge is 0.490 e. The van der Waals surface area contributed by atoms with Crippen molar-refractivity contribution in [2.24, 2.45) is 0 Å². The van der Waals surface area contributed by atoms with Crippen LogP contribution in [0.5, 0.6) is 11.5 Å². The van der Waals surface area contributed by atoms with Gasteiger partial charge in [0.25, 0.3) is 0 Å². The van der Waals surface area contributed by atoms with Crippen LogP contribution >= 0.6 is 0 Å². The highest BCUT2D eigenvalue weighted by atomic mass is 19.4. The van der Waals surface area contributed by atoms with Crippen LogP contribution in [0.1, 0.15) is 32.6 Å². The Morgan fingerprint density at radius 2 is 1.83 bits per heavy atom. The number of carbonyl (C=O) groups excluding carboxylic acids is 1. The summed E-state index contributed by atoms with van der Waals surface area (Å²) < 4.78 is 43.6. The topological polar surface area (TPSA) is 104 Å². The second-order valence-corrected chi connectivity index (χ2v) is 10.1. The summed E-state index contributed by atoms with van der Waals surface area (Å²) in [6.45, 7) is 7.60. The molecule has 3 aromatic rings. The molecule has 9 nitrogen and oxygen atoms in total. The minimum absolute atomic E-state index is 0.0639. The molecule has 2 aliphatic heterocycles. The quantitative estimate of drug-likeness (QED) is 0.273. The van der Waals surface area contributed by atoms with E-state index in [1.807, 2.05) is 42.2 Å². The number of carbonyl (C=O) groups is 2. The van der Waals surface area contributed by atoms with Crippen molar-refractivity contribution in [1.82, 2.24) is 14.8 Å². The van der Waals surface area contributed by atoms with Gasteiger partial charge in [0.2, 0.25) is 5.91 Å². The Bertz CT molecular complexity index is 1380. The number of benzene rings is 2. The zero-order chi connectivity index (χ0) is 29.6. The first kappa shape index (κ1) is 30.2. The van der Waals surface area contributed by atoms with Crippen LogP contribution < -0.4 is 14.8 Å². The van der Waals surface area contributed by atoms with Crippen LogP contribution in [0, 0.1) is 0 Å². The normalized spacial score (nSPS) is 17.5. The van der Waals surface area contributed by atoms with Gasteiger partial charge >= 0.3 is 12.1 Å². The predicted molar refractivity (Wildman–Crippen MR) is 150 cm³/mol. The average Bonchev–Trinajstić information content (AvgIpc) is 3.59. The van der Waals surface area contributed by atoms with Gasteiger partial charge in [0.1, 0.15) is 0 Å². The zero-order valence-electron chi connectivity index (χ0n) is 23.2. The van der Waals surface area contributed by atoms with Gasteiger partial charge in [0.15, 0.2) is 11.5 Å². The summed E-state index contributed by atoms with van der Waals surface area (Å²) in [6, 6.07) is 12.2. The van der Waals surface area contributed by atoms with Crippen LogP contribution in [0.2, 0.25) is 0 Å². The number of methoxy groups -OCH3 is 1. The average molecular weight is 577 g/mol. The molecule has 2 N–H and O–H groups in total. The molecule has 3 heterocycles. The standard InChI is InChI=1S/C27H34N4O3.C2HF3O2/c1-3-31-18-19(15-26(31)32)28-27-20-9-4-5-10-22(20)29-23-17-25(24(33-2)16-21(23)27)34-14-8-13-30-11-6-7-12-30;3-2(4,5)1(6)7/h4-5,9-10,16-17,19H,3,6-8,11-15,18H2,1-2H3,(H,28,29);(H,6,7). The van der Waals surface area contributed by atoms with Gasteiger partial charge in [-0.1, -0.05) is 18.2 Å². The van der Waals surface area contributed by atoms with Crippen molar-refractivity contribution >= 4 is 39.4 Å². The Labute approximate surface area is 236 Å². The van der Waals surface area contributed by atoms with Crippen molar-refractivity contribution < 1.29 is 37.3 Å². The van der Waals surface area contributed by atoms with E-state index in [1.54, 1.807) is 7.11 Å². The molecule has 0 radical (unpaired) electrons. The molecule has 2 fully saturated rings. The van der Waals surface area contributed by atoms with Crippen LogP contribution in [0.25, 0.3) is 21.8 Å². The van der Waals surface area contributed by atoms with Gasteiger partial charge < -0.3 is 29.7 Å². The number of anilines is 1. The fraction of sp³-hybridized carbons (Fsp3) is 0.483. The van der Waals surface area contributed by atoms with Crippen LogP contribution in [-0.2, 0) is 9.59 Å². The number of carboxylic acid groups (broad SMARTS) is 1. The number of amides is 1. The molecule has 1 amide bonds. The van der Waals surface area contributed by atoms with E-state index < -0.39 is 12.1 Å². The number of nitrogens with one attached hydrogen (secondary N) is 1. The van der Waals surface area contributed by atoms with Crippen molar-refractivity contribution in [3.8, 4) is 11.5 Å². The number of carboxylic acids is 1. The largest absolute Gasteiger partial charge is 0.493 e. The number of ether oxygens (including phenoxy) is 2. The second-order valence-electron chi connectivity index (χ2n) is 10.1. The lowest BCUT2D eigenvalue weighted by atomic mass is 10.1. The molecule has 1 aromatic heterocycles. The van der Waals surface area contributed by atoms with E-state index in [1.165, 1.54) is 25.9 Å². The summed E-state index contributed by atoms with van der Waals surface area (Å²) in [5.41, 5.74) is 2.77. The number of likely N-dealkylation sites (tertiary alicyclic amines) is 2. The molecule has 1 unspecified atom stereocenters. The number of rotatable bonds is 9. The first-order chi connectivity index (χ1) is 19.6. The number of likely N-dealkylation sites (N-methyl/N-ethyl adjacent to an activating group) is 1. The summed E-state index contributed by atoms with van der Waals surface area (Å²) >= 11 is 0. The number of alkyl halides is 3. The summed E-state index contributed by atoms with van der Waals surface area (Å²) in [7, 11) is 1.68. The number of halogens is 3. The van der Waals surface area contributed by atoms with Crippen molar-refractivity contribution in [1.29, 1.82) is 0 Å². The number of aromatic nitrogens is 1. The number of fused-ring (bicyclic) bond motifs is 2. The molecule has 41 heavy (non-hydrogen) atoms. The fourth-order valence-corrected chi connectivity index (χ4v) is 5.18. The lowest BCUT2D eigenvalue weighted by molar-refractivity contribution is -0.192. The Morgan fingerprint density at radius 3 is 2.46 bits per heavy atom. The van der Waals surface area contributed by atoms with Gasteiger partial charge in [0, 0.05) is 42.9 Å². The van der Waals surface area contributed by atoms with E-state index in [9.17, 15) is 18.0 Å². The Kier molecular flexibility index (Phi) is 9.74. The van der Waals surface area contributed by atoms with Gasteiger partial charge in [-0.15, -0.1) is 0 Å². The van der Waals surface area contributed by atoms with Crippen LogP contribution in [0.4, 0.5) is 18.9 Å². The molecular formula is C29H35F3N4O5. The fourth-order valence-electron chi connectivity index (χ4n) is 5.18. The van der Waals surface area contributed by atoms with Gasteiger partial charge in [-0.2, -0.15) is 13.2 Å². The molecule has 1 atom stereocenters. The number of para-hydroxylation sites is 1. The number of aliphatic carboxylic acids is 1. The van der Waals surface area contributed by atoms with Gasteiger partial charge in [-0.25, -0.2) is 9.78 Å². The van der Waals surface area contributed by atoms with Gasteiger partial charge in [-0.3, -0.25) is 4.79 Å². The Hall–Kier alpha value is -3.80. The second kappa shape index (κ2) is 13.2. The first-order valence-corrected chi connectivity index (χ1v) is 13.7. The lowest BCUT2D eigenvalue weighted by Crippen LogP contribution is -2.27. The predicted octanol–water partition coefficient (Wildman–Crippen LogP) is 4.93. The molecule has 12 heteroatoms. The summed E-state index contributed by atoms with van der Waals surface area (Å²) in [4.78, 5) is 30.5. The zero-order valence-corrected chi connectivity index (χ0v) is 23.2. The molecule has 0 bridgehead atoms. The molecule has 5 rings (SSSR count). The molecule has 2 saturated heterocycles. The highest BCUT2D eigenvalue weighted by Crippen LogP contribution is 2.39. The molecule has 0 spiro atoms. The maximum absolute atomic E-state index is 12.3. The van der Waals surface area contributed by atoms with Crippen molar-refractivity contribution in [3.63, 3.8) is 0 Å². The van der Waals surface area contributed by atoms with E-state index in [2.05, 4.69) is 16.3 Å². The molecule has 0 saturated carbocycles. The third-order valence-electron chi connectivity index (χ3n) is 7.23. The van der Waals surface area contributed by atoms with Gasteiger partial charge in [0.05, 0.1) is 36.5 Å². The third kappa shape index (κ3) is 7.49. The maximum Gasteiger partial charge on any atom is 0.490 e. The Morgan fingerprint density at radius 1 is 1.12 bits per heavy atom. The van der Waals surface area contributed by atoms with Crippen molar-refractivity contribution in [2.75, 3.05) is 51.8 Å². The molecular weight excluding hydrogens is 541 g/mol. The number of hydrogen-bond acceptors (Lipinski definition) is 7. The van der Waals surface area contributed by atoms with Crippen LogP contribution in [0.3, 0.4) is 0 Å². The summed E-state index contributed by atoms with van der Waals surface area (Å²) in [5, 5.41) is 12.8. The number of pyridine rings is 1. The molecule has 222 valence electrons. The van der Waals surface area contributed by atoms with Crippen molar-refractivity contribution in [2.45, 2.75) is 44.8 Å². The van der Waals surface area contributed by atoms with E-state index in [0.717, 1.165) is 52.8 Å². The highest BCUT2D eigenvalue weighted by Gasteiger charge is 2.38. The first-order valence-electron chi connectivity index (χ1n) is 13.7.